The molecule has 1 fully saturated rings. The topological polar surface area (TPSA) is 74.7 Å². The van der Waals surface area contributed by atoms with Crippen LogP contribution in [-0.4, -0.2) is 60.9 Å². The van der Waals surface area contributed by atoms with E-state index in [2.05, 4.69) is 27.1 Å². The van der Waals surface area contributed by atoms with Crippen molar-refractivity contribution in [2.24, 2.45) is 4.99 Å². The number of aromatic nitrogens is 1. The molecular weight excluding hydrogens is 471 g/mol. The molecule has 1 aliphatic heterocycles. The zero-order valence-corrected chi connectivity index (χ0v) is 19.4. The fourth-order valence-corrected chi connectivity index (χ4v) is 4.85. The maximum absolute atomic E-state index is 12.2. The first-order valence-corrected chi connectivity index (χ1v) is 10.9. The average Bonchev–Trinajstić information content (AvgIpc) is 2.97. The van der Waals surface area contributed by atoms with Gasteiger partial charge in [0.15, 0.2) is 15.8 Å². The molecule has 144 valence electrons. The third-order valence-corrected chi connectivity index (χ3v) is 7.95. The molecule has 9 heteroatoms. The van der Waals surface area contributed by atoms with Gasteiger partial charge in [-0.3, -0.25) is 4.99 Å². The smallest absolute Gasteiger partial charge is 0.194 e. The van der Waals surface area contributed by atoms with E-state index in [1.807, 2.05) is 13.1 Å². The normalized spacial score (nSPS) is 19.4. The third kappa shape index (κ3) is 5.78. The van der Waals surface area contributed by atoms with E-state index in [1.165, 1.54) is 4.88 Å². The zero-order chi connectivity index (χ0) is 17.8. The summed E-state index contributed by atoms with van der Waals surface area (Å²) in [7, 11) is -3.04. The number of hydrogen-bond acceptors (Lipinski definition) is 5. The van der Waals surface area contributed by atoms with Crippen LogP contribution in [0, 0.1) is 0 Å². The number of guanidine groups is 1. The van der Waals surface area contributed by atoms with Crippen molar-refractivity contribution in [3.05, 3.63) is 16.1 Å². The third-order valence-electron chi connectivity index (χ3n) is 4.22. The highest BCUT2D eigenvalue weighted by molar-refractivity contribution is 14.0. The van der Waals surface area contributed by atoms with Gasteiger partial charge in [0.05, 0.1) is 15.5 Å². The molecule has 25 heavy (non-hydrogen) atoms. The number of rotatable bonds is 5. The zero-order valence-electron chi connectivity index (χ0n) is 15.4. The number of sulfone groups is 1. The second-order valence-corrected chi connectivity index (χ2v) is 10.5. The Morgan fingerprint density at radius 1 is 1.44 bits per heavy atom. The Labute approximate surface area is 172 Å². The van der Waals surface area contributed by atoms with Crippen molar-refractivity contribution in [3.8, 4) is 0 Å². The largest absolute Gasteiger partial charge is 0.357 e. The van der Waals surface area contributed by atoms with E-state index in [9.17, 15) is 8.42 Å². The highest BCUT2D eigenvalue weighted by Gasteiger charge is 2.40. The van der Waals surface area contributed by atoms with E-state index in [0.29, 0.717) is 19.6 Å². The van der Waals surface area contributed by atoms with Gasteiger partial charge in [-0.2, -0.15) is 0 Å². The molecule has 2 rings (SSSR count). The van der Waals surface area contributed by atoms with Gasteiger partial charge in [0.2, 0.25) is 0 Å². The number of nitrogens with zero attached hydrogens (tertiary/aromatic N) is 3. The molecule has 6 nitrogen and oxygen atoms in total. The SMILES string of the molecule is CCNC(=NCCc1ncc(CC)s1)N1CCS(=O)(=O)C(C)(C)C1.I. The van der Waals surface area contributed by atoms with Crippen molar-refractivity contribution >= 4 is 51.1 Å². The molecule has 1 N–H and O–H groups in total. The fourth-order valence-electron chi connectivity index (χ4n) is 2.63. The van der Waals surface area contributed by atoms with Gasteiger partial charge in [-0.1, -0.05) is 6.92 Å². The number of halogens is 1. The molecule has 1 saturated heterocycles. The number of thiazole rings is 1. The van der Waals surface area contributed by atoms with Crippen LogP contribution in [0.3, 0.4) is 0 Å². The van der Waals surface area contributed by atoms with Gasteiger partial charge < -0.3 is 10.2 Å². The van der Waals surface area contributed by atoms with Gasteiger partial charge in [0.1, 0.15) is 0 Å². The number of aryl methyl sites for hydroxylation is 1. The summed E-state index contributed by atoms with van der Waals surface area (Å²) in [6.07, 6.45) is 3.77. The number of aliphatic imine (C=N–C) groups is 1. The summed E-state index contributed by atoms with van der Waals surface area (Å²) in [6, 6.07) is 0. The Bertz CT molecular complexity index is 686. The molecule has 0 atom stereocenters. The Balaban J connectivity index is 0.00000312. The van der Waals surface area contributed by atoms with Crippen LogP contribution in [0.15, 0.2) is 11.2 Å². The molecule has 1 aromatic heterocycles. The van der Waals surface area contributed by atoms with Gasteiger partial charge in [0, 0.05) is 43.7 Å². The van der Waals surface area contributed by atoms with Crippen molar-refractivity contribution < 1.29 is 8.42 Å². The van der Waals surface area contributed by atoms with Gasteiger partial charge in [-0.15, -0.1) is 35.3 Å². The second-order valence-electron chi connectivity index (χ2n) is 6.56. The summed E-state index contributed by atoms with van der Waals surface area (Å²) in [6.45, 7) is 10.1. The van der Waals surface area contributed by atoms with Gasteiger partial charge in [-0.05, 0) is 27.2 Å². The van der Waals surface area contributed by atoms with E-state index >= 15 is 0 Å². The molecule has 0 bridgehead atoms. The molecular formula is C16H29IN4O2S2. The second kappa shape index (κ2) is 9.50. The summed E-state index contributed by atoms with van der Waals surface area (Å²) >= 11 is 1.74. The lowest BCUT2D eigenvalue weighted by molar-refractivity contribution is 0.353. The molecule has 0 unspecified atom stereocenters. The minimum atomic E-state index is -3.04. The van der Waals surface area contributed by atoms with Crippen molar-refractivity contribution in [1.29, 1.82) is 0 Å². The lowest BCUT2D eigenvalue weighted by Crippen LogP contribution is -2.57. The van der Waals surface area contributed by atoms with E-state index in [1.54, 1.807) is 25.2 Å². The Hall–Kier alpha value is -0.420. The maximum atomic E-state index is 12.2. The van der Waals surface area contributed by atoms with E-state index in [-0.39, 0.29) is 29.7 Å². The number of hydrogen-bond donors (Lipinski definition) is 1. The van der Waals surface area contributed by atoms with Gasteiger partial charge >= 0.3 is 0 Å². The molecule has 0 amide bonds. The van der Waals surface area contributed by atoms with Crippen LogP contribution in [0.5, 0.6) is 0 Å². The summed E-state index contributed by atoms with van der Waals surface area (Å²) in [5.41, 5.74) is 0. The van der Waals surface area contributed by atoms with Crippen molar-refractivity contribution in [1.82, 2.24) is 15.2 Å². The van der Waals surface area contributed by atoms with Gasteiger partial charge in [-0.25, -0.2) is 13.4 Å². The van der Waals surface area contributed by atoms with Crippen molar-refractivity contribution in [3.63, 3.8) is 0 Å². The number of nitrogens with one attached hydrogen (secondary N) is 1. The Morgan fingerprint density at radius 3 is 2.72 bits per heavy atom. The van der Waals surface area contributed by atoms with Crippen LogP contribution < -0.4 is 5.32 Å². The van der Waals surface area contributed by atoms with Crippen LogP contribution in [0.25, 0.3) is 0 Å². The summed E-state index contributed by atoms with van der Waals surface area (Å²) in [5.74, 6) is 0.976. The van der Waals surface area contributed by atoms with Crippen LogP contribution in [0.4, 0.5) is 0 Å². The molecule has 0 saturated carbocycles. The van der Waals surface area contributed by atoms with Crippen LogP contribution in [0.2, 0.25) is 0 Å². The average molecular weight is 500 g/mol. The predicted molar refractivity (Wildman–Crippen MR) is 116 cm³/mol. The maximum Gasteiger partial charge on any atom is 0.194 e. The lowest BCUT2D eigenvalue weighted by Gasteiger charge is -2.39. The molecule has 0 aromatic carbocycles. The standard InChI is InChI=1S/C16H28N4O2S2.HI/c1-5-13-11-19-14(23-13)7-8-18-15(17-6-2)20-9-10-24(21,22)16(3,4)12-20;/h11H,5-10,12H2,1-4H3,(H,17,18);1H. The minimum absolute atomic E-state index is 0. The summed E-state index contributed by atoms with van der Waals surface area (Å²) < 4.78 is 23.6. The van der Waals surface area contributed by atoms with Crippen LogP contribution in [-0.2, 0) is 22.7 Å². The molecule has 1 aliphatic rings. The molecule has 0 radical (unpaired) electrons. The lowest BCUT2D eigenvalue weighted by atomic mass is 10.2. The van der Waals surface area contributed by atoms with Crippen LogP contribution >= 0.6 is 35.3 Å². The molecule has 2 heterocycles. The first-order chi connectivity index (χ1) is 11.3. The summed E-state index contributed by atoms with van der Waals surface area (Å²) in [4.78, 5) is 12.5. The van der Waals surface area contributed by atoms with E-state index < -0.39 is 14.6 Å². The Morgan fingerprint density at radius 2 is 2.16 bits per heavy atom. The minimum Gasteiger partial charge on any atom is -0.357 e. The highest BCUT2D eigenvalue weighted by atomic mass is 127. The molecule has 0 spiro atoms. The van der Waals surface area contributed by atoms with E-state index in [4.69, 9.17) is 0 Å². The predicted octanol–water partition coefficient (Wildman–Crippen LogP) is 2.34. The van der Waals surface area contributed by atoms with Gasteiger partial charge in [0.25, 0.3) is 0 Å². The van der Waals surface area contributed by atoms with Crippen LogP contribution in [0.1, 0.15) is 37.6 Å². The first-order valence-electron chi connectivity index (χ1n) is 8.48. The quantitative estimate of drug-likeness (QED) is 0.382. The highest BCUT2D eigenvalue weighted by Crippen LogP contribution is 2.23. The molecule has 0 aliphatic carbocycles. The Kier molecular flexibility index (Phi) is 8.59. The van der Waals surface area contributed by atoms with Crippen molar-refractivity contribution in [2.75, 3.05) is 31.9 Å². The van der Waals surface area contributed by atoms with Crippen molar-refractivity contribution in [2.45, 2.75) is 45.3 Å². The first kappa shape index (κ1) is 22.6. The van der Waals surface area contributed by atoms with E-state index in [0.717, 1.165) is 30.4 Å². The molecule has 1 aromatic rings. The fraction of sp³-hybridized carbons (Fsp3) is 0.750. The summed E-state index contributed by atoms with van der Waals surface area (Å²) in [5, 5.41) is 4.39. The monoisotopic (exact) mass is 500 g/mol.